The van der Waals surface area contributed by atoms with Crippen LogP contribution in [0.2, 0.25) is 0 Å². The van der Waals surface area contributed by atoms with Gasteiger partial charge in [0, 0.05) is 41.8 Å². The van der Waals surface area contributed by atoms with Gasteiger partial charge in [0.15, 0.2) is 0 Å². The molecule has 1 aromatic rings. The quantitative estimate of drug-likeness (QED) is 0.142. The van der Waals surface area contributed by atoms with Gasteiger partial charge in [0.1, 0.15) is 5.75 Å². The molecular formula is C40H59F5N2O5S. The molecule has 0 spiro atoms. The number of unbranched alkanes of at least 4 members (excludes halogenated alkanes) is 6. The van der Waals surface area contributed by atoms with Crippen LogP contribution >= 0.6 is 0 Å². The number of aliphatic hydroxyl groups is 1. The van der Waals surface area contributed by atoms with Crippen LogP contribution < -0.4 is 4.74 Å². The highest BCUT2D eigenvalue weighted by Crippen LogP contribution is 2.62. The van der Waals surface area contributed by atoms with Crippen LogP contribution in [0.5, 0.6) is 5.75 Å². The van der Waals surface area contributed by atoms with E-state index in [1.165, 1.54) is 11.1 Å². The molecule has 0 bridgehead atoms. The zero-order valence-electron chi connectivity index (χ0n) is 31.4. The first-order valence-corrected chi connectivity index (χ1v) is 21.6. The maximum Gasteiger partial charge on any atom is 0.453 e. The number of morpholine rings is 1. The maximum absolute atomic E-state index is 13.3. The number of carbonyl (C=O) groups is 1. The van der Waals surface area contributed by atoms with E-state index in [9.17, 15) is 36.1 Å². The number of hydrogen-bond donors (Lipinski definition) is 1. The molecule has 1 N–H and O–H groups in total. The van der Waals surface area contributed by atoms with Gasteiger partial charge in [0.2, 0.25) is 0 Å². The molecule has 4 fully saturated rings. The molecule has 3 aliphatic carbocycles. The molecule has 1 aromatic carbocycles. The second kappa shape index (κ2) is 17.1. The van der Waals surface area contributed by atoms with Gasteiger partial charge in [-0.1, -0.05) is 51.5 Å². The summed E-state index contributed by atoms with van der Waals surface area (Å²) in [4.78, 5) is 17.3. The van der Waals surface area contributed by atoms with E-state index in [0.29, 0.717) is 61.3 Å². The Hall–Kier alpha value is -1.83. The summed E-state index contributed by atoms with van der Waals surface area (Å²) in [7, 11) is 0.700. The molecule has 300 valence electrons. The largest absolute Gasteiger partial charge is 0.453 e. The van der Waals surface area contributed by atoms with Gasteiger partial charge in [0.25, 0.3) is 0 Å². The smallest absolute Gasteiger partial charge is 0.410 e. The predicted octanol–water partition coefficient (Wildman–Crippen LogP) is 8.49. The molecular weight excluding hydrogens is 716 g/mol. The lowest BCUT2D eigenvalue weighted by atomic mass is 9.52. The molecule has 2 saturated carbocycles. The molecule has 53 heavy (non-hydrogen) atoms. The minimum Gasteiger partial charge on any atom is -0.410 e. The van der Waals surface area contributed by atoms with E-state index in [1.807, 2.05) is 6.07 Å². The summed E-state index contributed by atoms with van der Waals surface area (Å²) in [6.07, 6.45) is 5.16. The van der Waals surface area contributed by atoms with E-state index >= 15 is 0 Å². The average molecular weight is 775 g/mol. The van der Waals surface area contributed by atoms with Gasteiger partial charge in [0.05, 0.1) is 31.4 Å². The van der Waals surface area contributed by atoms with Crippen LogP contribution in [0.1, 0.15) is 114 Å². The van der Waals surface area contributed by atoms with Crippen LogP contribution in [-0.4, -0.2) is 100 Å². The standard InChI is InChI=1S/C40H59F5N2O5S/c1-38-18-16-31-30-13-12-29(52-37(49)47-25-33-34(26-47)51-20-19-46(33)2)24-28(30)23-27(36(31)32(38)14-15-35(38)48)11-8-6-4-3-5-7-9-21-53(50)22-10-17-39(41,42)40(43,44)45/h12-13,24,27,31-36,48H,3-11,14-23,25-26H2,1-2H3/t27-,31-,32+,33-,34+,35+,36-,38+,53?/m1/s1. The second-order valence-corrected chi connectivity index (χ2v) is 18.6. The van der Waals surface area contributed by atoms with Crippen molar-refractivity contribution < 1.29 is 45.5 Å². The van der Waals surface area contributed by atoms with Crippen LogP contribution in [-0.2, 0) is 22.0 Å². The summed E-state index contributed by atoms with van der Waals surface area (Å²) in [5, 5.41) is 11.1. The number of fused-ring (bicyclic) bond motifs is 6. The van der Waals surface area contributed by atoms with E-state index in [1.54, 1.807) is 4.90 Å². The Balaban J connectivity index is 0.974. The number of aliphatic hydroxyl groups excluding tert-OH is 1. The number of likely N-dealkylation sites (tertiary alicyclic amines) is 1. The predicted molar refractivity (Wildman–Crippen MR) is 195 cm³/mol. The van der Waals surface area contributed by atoms with Crippen LogP contribution in [0.25, 0.3) is 0 Å². The van der Waals surface area contributed by atoms with Gasteiger partial charge in [-0.15, -0.1) is 0 Å². The topological polar surface area (TPSA) is 79.3 Å². The van der Waals surface area contributed by atoms with Crippen molar-refractivity contribution in [2.75, 3.05) is 44.8 Å². The number of rotatable bonds is 15. The third-order valence-corrected chi connectivity index (χ3v) is 15.1. The second-order valence-electron chi connectivity index (χ2n) is 16.9. The van der Waals surface area contributed by atoms with Crippen molar-refractivity contribution in [2.45, 2.75) is 140 Å². The minimum absolute atomic E-state index is 0.0207. The van der Waals surface area contributed by atoms with E-state index < -0.39 is 35.7 Å². The third kappa shape index (κ3) is 9.25. The van der Waals surface area contributed by atoms with Crippen LogP contribution in [0.4, 0.5) is 26.7 Å². The van der Waals surface area contributed by atoms with Crippen LogP contribution in [0.15, 0.2) is 18.2 Å². The minimum atomic E-state index is -5.56. The van der Waals surface area contributed by atoms with Crippen molar-refractivity contribution in [1.82, 2.24) is 9.80 Å². The summed E-state index contributed by atoms with van der Waals surface area (Å²) in [6, 6.07) is 6.46. The van der Waals surface area contributed by atoms with Crippen molar-refractivity contribution in [2.24, 2.45) is 23.2 Å². The van der Waals surface area contributed by atoms with Crippen molar-refractivity contribution in [1.29, 1.82) is 0 Å². The molecule has 1 unspecified atom stereocenters. The molecule has 0 aromatic heterocycles. The molecule has 9 atom stereocenters. The summed E-state index contributed by atoms with van der Waals surface area (Å²) in [6.45, 7) is 4.99. The van der Waals surface area contributed by atoms with Gasteiger partial charge in [-0.2, -0.15) is 22.0 Å². The average Bonchev–Trinajstić information content (AvgIpc) is 3.68. The number of benzene rings is 1. The highest BCUT2D eigenvalue weighted by atomic mass is 32.2. The highest BCUT2D eigenvalue weighted by molar-refractivity contribution is 7.84. The summed E-state index contributed by atoms with van der Waals surface area (Å²) in [5.74, 6) is -1.96. The SMILES string of the molecule is CN1CCO[C@H]2CN(C(=O)Oc3ccc4c(c3)C[C@@H](CCCCCCCCCS(=O)CCCC(F)(F)C(F)(F)F)[C@@H]3[C@@H]4CC[C@]4(C)[C@@H](O)CC[C@@H]34)C[C@H]21. The van der Waals surface area contributed by atoms with E-state index in [0.717, 1.165) is 83.6 Å². The molecule has 2 aliphatic heterocycles. The fourth-order valence-corrected chi connectivity index (χ4v) is 11.7. The molecule has 2 heterocycles. The number of halogens is 5. The van der Waals surface area contributed by atoms with Gasteiger partial charge in [-0.25, -0.2) is 4.79 Å². The van der Waals surface area contributed by atoms with Crippen molar-refractivity contribution in [3.8, 4) is 5.75 Å². The van der Waals surface area contributed by atoms with E-state index in [-0.39, 0.29) is 35.5 Å². The molecule has 13 heteroatoms. The highest BCUT2D eigenvalue weighted by Gasteiger charge is 2.57. The van der Waals surface area contributed by atoms with Crippen LogP contribution in [0.3, 0.4) is 0 Å². The lowest BCUT2D eigenvalue weighted by Crippen LogP contribution is -2.48. The van der Waals surface area contributed by atoms with Crippen molar-refractivity contribution >= 4 is 16.9 Å². The number of ether oxygens (including phenoxy) is 2. The third-order valence-electron chi connectivity index (χ3n) is 13.6. The van der Waals surface area contributed by atoms with Crippen molar-refractivity contribution in [3.63, 3.8) is 0 Å². The van der Waals surface area contributed by atoms with E-state index in [4.69, 9.17) is 9.47 Å². The van der Waals surface area contributed by atoms with Gasteiger partial charge in [-0.05, 0) is 111 Å². The monoisotopic (exact) mass is 774 g/mol. The Morgan fingerprint density at radius 2 is 1.72 bits per heavy atom. The molecule has 6 rings (SSSR count). The number of likely N-dealkylation sites (N-methyl/N-ethyl adjacent to an activating group) is 1. The zero-order valence-corrected chi connectivity index (χ0v) is 32.2. The lowest BCUT2D eigenvalue weighted by Gasteiger charge is -2.53. The van der Waals surface area contributed by atoms with Gasteiger partial charge < -0.3 is 19.5 Å². The van der Waals surface area contributed by atoms with E-state index in [2.05, 4.69) is 31.0 Å². The van der Waals surface area contributed by atoms with Gasteiger partial charge >= 0.3 is 18.2 Å². The summed E-state index contributed by atoms with van der Waals surface area (Å²) >= 11 is 0. The summed E-state index contributed by atoms with van der Waals surface area (Å²) < 4.78 is 87.1. The number of alkyl halides is 5. The zero-order chi connectivity index (χ0) is 38.0. The molecule has 2 saturated heterocycles. The Bertz CT molecular complexity index is 1430. The molecule has 5 aliphatic rings. The number of nitrogens with zero attached hydrogens (tertiary/aromatic N) is 2. The first kappa shape index (κ1) is 40.8. The van der Waals surface area contributed by atoms with Gasteiger partial charge in [-0.3, -0.25) is 9.11 Å². The molecule has 0 radical (unpaired) electrons. The fourth-order valence-electron chi connectivity index (χ4n) is 10.5. The Morgan fingerprint density at radius 3 is 2.45 bits per heavy atom. The first-order valence-electron chi connectivity index (χ1n) is 20.1. The molecule has 1 amide bonds. The number of carbonyl (C=O) groups excluding carboxylic acids is 1. The normalized spacial score (nSPS) is 32.2. The first-order chi connectivity index (χ1) is 25.2. The number of amides is 1. The Kier molecular flexibility index (Phi) is 13.2. The van der Waals surface area contributed by atoms with Crippen LogP contribution in [0, 0.1) is 23.2 Å². The number of hydrogen-bond acceptors (Lipinski definition) is 6. The maximum atomic E-state index is 13.3. The lowest BCUT2D eigenvalue weighted by molar-refractivity contribution is -0.284. The molecule has 7 nitrogen and oxygen atoms in total. The summed E-state index contributed by atoms with van der Waals surface area (Å²) in [5.41, 5.74) is 2.64. The fraction of sp³-hybridized carbons (Fsp3) is 0.825. The van der Waals surface area contributed by atoms with Crippen molar-refractivity contribution in [3.05, 3.63) is 29.3 Å². The Morgan fingerprint density at radius 1 is 1.00 bits per heavy atom. The Labute approximate surface area is 314 Å².